The third kappa shape index (κ3) is 5.08. The lowest BCUT2D eigenvalue weighted by Crippen LogP contribution is -2.53. The third-order valence-corrected chi connectivity index (χ3v) is 6.11. The topological polar surface area (TPSA) is 61.8 Å². The van der Waals surface area contributed by atoms with Gasteiger partial charge in [0.05, 0.1) is 13.0 Å². The summed E-state index contributed by atoms with van der Waals surface area (Å²) in [6, 6.07) is 12.3. The van der Waals surface area contributed by atoms with Crippen molar-refractivity contribution in [3.8, 4) is 5.88 Å². The monoisotopic (exact) mass is 409 g/mol. The number of amides is 1. The molecular formula is C23H31N5O2. The van der Waals surface area contributed by atoms with Crippen LogP contribution >= 0.6 is 0 Å². The van der Waals surface area contributed by atoms with E-state index >= 15 is 0 Å². The Morgan fingerprint density at radius 1 is 1.10 bits per heavy atom. The number of anilines is 1. The van der Waals surface area contributed by atoms with Gasteiger partial charge in [0.15, 0.2) is 0 Å². The van der Waals surface area contributed by atoms with E-state index in [4.69, 9.17) is 4.74 Å². The Labute approximate surface area is 178 Å². The summed E-state index contributed by atoms with van der Waals surface area (Å²) in [5.41, 5.74) is 1.36. The van der Waals surface area contributed by atoms with Crippen molar-refractivity contribution < 1.29 is 9.53 Å². The predicted molar refractivity (Wildman–Crippen MR) is 117 cm³/mol. The molecule has 7 nitrogen and oxygen atoms in total. The molecule has 1 aromatic carbocycles. The van der Waals surface area contributed by atoms with Crippen molar-refractivity contribution in [2.24, 2.45) is 5.92 Å². The summed E-state index contributed by atoms with van der Waals surface area (Å²) < 4.78 is 5.20. The van der Waals surface area contributed by atoms with Gasteiger partial charge in [0.1, 0.15) is 0 Å². The van der Waals surface area contributed by atoms with E-state index in [0.717, 1.165) is 65.1 Å². The standard InChI is InChI=1S/C23H31N5O2/c1-30-21-9-11-24-23(25-21)28-16-14-27(15-17-28)22(29)20-8-5-12-26(18-20)13-10-19-6-3-2-4-7-19/h2-4,6-7,9,11,20H,5,8,10,12-18H2,1H3. The summed E-state index contributed by atoms with van der Waals surface area (Å²) in [5, 5.41) is 0. The molecule has 2 saturated heterocycles. The fourth-order valence-corrected chi connectivity index (χ4v) is 4.38. The minimum absolute atomic E-state index is 0.120. The van der Waals surface area contributed by atoms with Gasteiger partial charge >= 0.3 is 0 Å². The Bertz CT molecular complexity index is 823. The van der Waals surface area contributed by atoms with Crippen molar-refractivity contribution in [1.82, 2.24) is 19.8 Å². The Balaban J connectivity index is 1.27. The summed E-state index contributed by atoms with van der Waals surface area (Å²) in [7, 11) is 1.61. The summed E-state index contributed by atoms with van der Waals surface area (Å²) in [5.74, 6) is 1.67. The first-order chi connectivity index (χ1) is 14.7. The van der Waals surface area contributed by atoms with E-state index < -0.39 is 0 Å². The molecule has 2 aromatic rings. The quantitative estimate of drug-likeness (QED) is 0.728. The number of rotatable bonds is 6. The minimum atomic E-state index is 0.120. The van der Waals surface area contributed by atoms with Crippen LogP contribution in [0.15, 0.2) is 42.6 Å². The van der Waals surface area contributed by atoms with Crippen LogP contribution in [0, 0.1) is 5.92 Å². The molecule has 160 valence electrons. The highest BCUT2D eigenvalue weighted by atomic mass is 16.5. The highest BCUT2D eigenvalue weighted by Crippen LogP contribution is 2.21. The van der Waals surface area contributed by atoms with Crippen LogP contribution in [0.5, 0.6) is 5.88 Å². The van der Waals surface area contributed by atoms with E-state index in [-0.39, 0.29) is 5.92 Å². The zero-order valence-electron chi connectivity index (χ0n) is 17.7. The molecule has 0 aliphatic carbocycles. The number of aromatic nitrogens is 2. The number of likely N-dealkylation sites (tertiary alicyclic amines) is 1. The maximum atomic E-state index is 13.1. The Hall–Kier alpha value is -2.67. The van der Waals surface area contributed by atoms with Gasteiger partial charge in [-0.3, -0.25) is 4.79 Å². The number of carbonyl (C=O) groups is 1. The van der Waals surface area contributed by atoms with Crippen molar-refractivity contribution in [3.63, 3.8) is 0 Å². The molecule has 30 heavy (non-hydrogen) atoms. The molecule has 1 unspecified atom stereocenters. The van der Waals surface area contributed by atoms with E-state index in [2.05, 4.69) is 50.1 Å². The van der Waals surface area contributed by atoms with Gasteiger partial charge in [0.25, 0.3) is 0 Å². The van der Waals surface area contributed by atoms with Crippen molar-refractivity contribution in [2.45, 2.75) is 19.3 Å². The largest absolute Gasteiger partial charge is 0.481 e. The summed E-state index contributed by atoms with van der Waals surface area (Å²) in [6.45, 7) is 5.95. The molecule has 2 fully saturated rings. The zero-order valence-corrected chi connectivity index (χ0v) is 17.7. The molecule has 0 radical (unpaired) electrons. The second-order valence-corrected chi connectivity index (χ2v) is 8.09. The van der Waals surface area contributed by atoms with Crippen LogP contribution in [0.4, 0.5) is 5.95 Å². The highest BCUT2D eigenvalue weighted by Gasteiger charge is 2.31. The SMILES string of the molecule is COc1ccnc(N2CCN(C(=O)C3CCCN(CCc4ccccc4)C3)CC2)n1. The van der Waals surface area contributed by atoms with Crippen LogP contribution < -0.4 is 9.64 Å². The summed E-state index contributed by atoms with van der Waals surface area (Å²) in [6.07, 6.45) is 4.86. The minimum Gasteiger partial charge on any atom is -0.481 e. The van der Waals surface area contributed by atoms with Crippen molar-refractivity contribution in [2.75, 3.05) is 57.8 Å². The van der Waals surface area contributed by atoms with Gasteiger partial charge in [-0.15, -0.1) is 0 Å². The Morgan fingerprint density at radius 2 is 1.90 bits per heavy atom. The fourth-order valence-electron chi connectivity index (χ4n) is 4.38. The summed E-state index contributed by atoms with van der Waals surface area (Å²) >= 11 is 0. The normalized spacial score (nSPS) is 20.2. The Kier molecular flexibility index (Phi) is 6.79. The predicted octanol–water partition coefficient (Wildman–Crippen LogP) is 2.09. The molecule has 1 aromatic heterocycles. The van der Waals surface area contributed by atoms with Gasteiger partial charge in [-0.1, -0.05) is 30.3 Å². The van der Waals surface area contributed by atoms with Gasteiger partial charge < -0.3 is 19.4 Å². The first kappa shape index (κ1) is 20.6. The summed E-state index contributed by atoms with van der Waals surface area (Å²) in [4.78, 5) is 28.5. The zero-order chi connectivity index (χ0) is 20.8. The maximum absolute atomic E-state index is 13.1. The second-order valence-electron chi connectivity index (χ2n) is 8.09. The number of piperazine rings is 1. The lowest BCUT2D eigenvalue weighted by Gasteiger charge is -2.39. The van der Waals surface area contributed by atoms with E-state index in [9.17, 15) is 4.79 Å². The molecule has 3 heterocycles. The lowest BCUT2D eigenvalue weighted by molar-refractivity contribution is -0.137. The molecule has 0 saturated carbocycles. The number of benzene rings is 1. The average Bonchev–Trinajstić information content (AvgIpc) is 2.83. The van der Waals surface area contributed by atoms with Crippen LogP contribution in [-0.2, 0) is 11.2 Å². The molecular weight excluding hydrogens is 378 g/mol. The van der Waals surface area contributed by atoms with Gasteiger partial charge in [-0.2, -0.15) is 4.98 Å². The van der Waals surface area contributed by atoms with Gasteiger partial charge in [0, 0.05) is 51.5 Å². The number of ether oxygens (including phenoxy) is 1. The van der Waals surface area contributed by atoms with Gasteiger partial charge in [0.2, 0.25) is 17.7 Å². The van der Waals surface area contributed by atoms with Crippen LogP contribution in [0.25, 0.3) is 0 Å². The molecule has 0 spiro atoms. The fraction of sp³-hybridized carbons (Fsp3) is 0.522. The number of hydrogen-bond acceptors (Lipinski definition) is 6. The number of piperidine rings is 1. The van der Waals surface area contributed by atoms with Crippen molar-refractivity contribution >= 4 is 11.9 Å². The van der Waals surface area contributed by atoms with E-state index in [1.54, 1.807) is 19.4 Å². The second kappa shape index (κ2) is 9.89. The van der Waals surface area contributed by atoms with Crippen LogP contribution in [0.3, 0.4) is 0 Å². The van der Waals surface area contributed by atoms with E-state index in [0.29, 0.717) is 17.7 Å². The molecule has 0 bridgehead atoms. The number of nitrogens with zero attached hydrogens (tertiary/aromatic N) is 5. The average molecular weight is 410 g/mol. The molecule has 2 aliphatic heterocycles. The highest BCUT2D eigenvalue weighted by molar-refractivity contribution is 5.79. The van der Waals surface area contributed by atoms with E-state index in [1.807, 2.05) is 4.90 Å². The molecule has 7 heteroatoms. The molecule has 1 amide bonds. The third-order valence-electron chi connectivity index (χ3n) is 6.11. The van der Waals surface area contributed by atoms with Crippen molar-refractivity contribution in [3.05, 3.63) is 48.2 Å². The first-order valence-corrected chi connectivity index (χ1v) is 10.9. The molecule has 2 aliphatic rings. The van der Waals surface area contributed by atoms with Gasteiger partial charge in [-0.25, -0.2) is 4.98 Å². The number of carbonyl (C=O) groups excluding carboxylic acids is 1. The van der Waals surface area contributed by atoms with Crippen molar-refractivity contribution in [1.29, 1.82) is 0 Å². The molecule has 1 atom stereocenters. The number of methoxy groups -OCH3 is 1. The Morgan fingerprint density at radius 3 is 2.67 bits per heavy atom. The number of hydrogen-bond donors (Lipinski definition) is 0. The van der Waals surface area contributed by atoms with Crippen LogP contribution in [-0.4, -0.2) is 78.6 Å². The van der Waals surface area contributed by atoms with E-state index in [1.165, 1.54) is 5.56 Å². The molecule has 4 rings (SSSR count). The molecule has 0 N–H and O–H groups in total. The van der Waals surface area contributed by atoms with Crippen LogP contribution in [0.2, 0.25) is 0 Å². The van der Waals surface area contributed by atoms with Crippen LogP contribution in [0.1, 0.15) is 18.4 Å². The van der Waals surface area contributed by atoms with Gasteiger partial charge in [-0.05, 0) is 31.4 Å². The smallest absolute Gasteiger partial charge is 0.228 e. The first-order valence-electron chi connectivity index (χ1n) is 10.9. The maximum Gasteiger partial charge on any atom is 0.228 e. The lowest BCUT2D eigenvalue weighted by atomic mass is 9.95.